The van der Waals surface area contributed by atoms with Gasteiger partial charge in [0.05, 0.1) is 5.69 Å². The molecule has 28 heavy (non-hydrogen) atoms. The Kier molecular flexibility index (Phi) is 5.51. The summed E-state index contributed by atoms with van der Waals surface area (Å²) in [4.78, 5) is 14.6. The van der Waals surface area contributed by atoms with Crippen molar-refractivity contribution in [3.05, 3.63) is 89.0 Å². The molecule has 0 radical (unpaired) electrons. The van der Waals surface area contributed by atoms with Gasteiger partial charge in [-0.05, 0) is 61.6 Å². The first-order valence-electron chi connectivity index (χ1n) is 9.82. The molecule has 0 unspecified atom stereocenters. The molecule has 0 aliphatic carbocycles. The lowest BCUT2D eigenvalue weighted by atomic mass is 9.94. The monoisotopic (exact) mass is 377 g/mol. The van der Waals surface area contributed by atoms with Gasteiger partial charge >= 0.3 is 0 Å². The number of aromatic amines is 1. The van der Waals surface area contributed by atoms with Crippen LogP contribution >= 0.6 is 0 Å². The minimum Gasteiger partial charge on any atom is -0.338 e. The molecular weight excluding hydrogens is 353 g/mol. The zero-order valence-electron chi connectivity index (χ0n) is 15.8. The standard InChI is InChI=1S/C23H24FN3O/c24-20-11-9-18(10-12-20)23(28)27-14-4-7-19(16-27)22-15-21(25-26-22)13-8-17-5-2-1-3-6-17/h1-3,5-6,9-12,15,19H,4,7-8,13-14,16H2,(H,25,26)/t19-/m0/s1. The van der Waals surface area contributed by atoms with Crippen molar-refractivity contribution < 1.29 is 9.18 Å². The highest BCUT2D eigenvalue weighted by molar-refractivity contribution is 5.94. The van der Waals surface area contributed by atoms with E-state index in [0.29, 0.717) is 12.1 Å². The van der Waals surface area contributed by atoms with Crippen LogP contribution in [0.2, 0.25) is 0 Å². The summed E-state index contributed by atoms with van der Waals surface area (Å²) in [7, 11) is 0. The van der Waals surface area contributed by atoms with Gasteiger partial charge in [-0.3, -0.25) is 9.89 Å². The summed E-state index contributed by atoms with van der Waals surface area (Å²) in [6.07, 6.45) is 3.85. The minimum atomic E-state index is -0.325. The van der Waals surface area contributed by atoms with Crippen molar-refractivity contribution in [1.82, 2.24) is 15.1 Å². The first kappa shape index (κ1) is 18.4. The number of likely N-dealkylation sites (tertiary alicyclic amines) is 1. The number of halogens is 1. The second-order valence-corrected chi connectivity index (χ2v) is 7.40. The zero-order chi connectivity index (χ0) is 19.3. The number of hydrogen-bond donors (Lipinski definition) is 1. The summed E-state index contributed by atoms with van der Waals surface area (Å²) in [5.41, 5.74) is 4.00. The number of carbonyl (C=O) groups excluding carboxylic acids is 1. The normalized spacial score (nSPS) is 16.9. The number of hydrogen-bond acceptors (Lipinski definition) is 2. The van der Waals surface area contributed by atoms with Crippen LogP contribution in [-0.2, 0) is 12.8 Å². The number of nitrogens with one attached hydrogen (secondary N) is 1. The lowest BCUT2D eigenvalue weighted by Crippen LogP contribution is -2.39. The second kappa shape index (κ2) is 8.38. The number of benzene rings is 2. The summed E-state index contributed by atoms with van der Waals surface area (Å²) >= 11 is 0. The van der Waals surface area contributed by atoms with Gasteiger partial charge in [0.1, 0.15) is 5.82 Å². The van der Waals surface area contributed by atoms with Crippen LogP contribution in [0.15, 0.2) is 60.7 Å². The van der Waals surface area contributed by atoms with Crippen molar-refractivity contribution in [3.8, 4) is 0 Å². The van der Waals surface area contributed by atoms with Gasteiger partial charge < -0.3 is 4.90 Å². The van der Waals surface area contributed by atoms with E-state index in [0.717, 1.165) is 43.6 Å². The molecule has 2 heterocycles. The molecule has 0 spiro atoms. The fraction of sp³-hybridized carbons (Fsp3) is 0.304. The second-order valence-electron chi connectivity index (χ2n) is 7.40. The van der Waals surface area contributed by atoms with E-state index in [9.17, 15) is 9.18 Å². The average Bonchev–Trinajstić information content (AvgIpc) is 3.22. The van der Waals surface area contributed by atoms with Crippen LogP contribution in [0.4, 0.5) is 4.39 Å². The van der Waals surface area contributed by atoms with Crippen molar-refractivity contribution in [2.24, 2.45) is 0 Å². The highest BCUT2D eigenvalue weighted by Crippen LogP contribution is 2.27. The average molecular weight is 377 g/mol. The molecule has 1 fully saturated rings. The number of piperidine rings is 1. The van der Waals surface area contributed by atoms with E-state index >= 15 is 0 Å². The molecule has 4 nitrogen and oxygen atoms in total. The van der Waals surface area contributed by atoms with Crippen LogP contribution in [-0.4, -0.2) is 34.1 Å². The van der Waals surface area contributed by atoms with Crippen molar-refractivity contribution in [1.29, 1.82) is 0 Å². The predicted octanol–water partition coefficient (Wildman–Crippen LogP) is 4.35. The summed E-state index contributed by atoms with van der Waals surface area (Å²) in [6, 6.07) is 18.3. The molecule has 2 aromatic carbocycles. The molecule has 0 saturated carbocycles. The van der Waals surface area contributed by atoms with Gasteiger partial charge in [0.2, 0.25) is 0 Å². The van der Waals surface area contributed by atoms with Crippen LogP contribution in [0.5, 0.6) is 0 Å². The maximum absolute atomic E-state index is 13.1. The highest BCUT2D eigenvalue weighted by Gasteiger charge is 2.26. The van der Waals surface area contributed by atoms with E-state index in [1.807, 2.05) is 11.0 Å². The lowest BCUT2D eigenvalue weighted by molar-refractivity contribution is 0.0706. The molecule has 1 aliphatic rings. The third-order valence-electron chi connectivity index (χ3n) is 5.40. The topological polar surface area (TPSA) is 49.0 Å². The third-order valence-corrected chi connectivity index (χ3v) is 5.40. The summed E-state index contributed by atoms with van der Waals surface area (Å²) in [6.45, 7) is 1.40. The third kappa shape index (κ3) is 4.30. The van der Waals surface area contributed by atoms with Gasteiger partial charge in [0.15, 0.2) is 0 Å². The summed E-state index contributed by atoms with van der Waals surface area (Å²) < 4.78 is 13.1. The highest BCUT2D eigenvalue weighted by atomic mass is 19.1. The Balaban J connectivity index is 1.38. The van der Waals surface area contributed by atoms with E-state index in [4.69, 9.17) is 0 Å². The Morgan fingerprint density at radius 3 is 2.68 bits per heavy atom. The Bertz CT molecular complexity index is 921. The Morgan fingerprint density at radius 1 is 1.11 bits per heavy atom. The van der Waals surface area contributed by atoms with Crippen LogP contribution in [0, 0.1) is 5.82 Å². The van der Waals surface area contributed by atoms with E-state index < -0.39 is 0 Å². The fourth-order valence-electron chi connectivity index (χ4n) is 3.83. The molecule has 3 aromatic rings. The Labute approximate surface area is 164 Å². The number of amides is 1. The maximum atomic E-state index is 13.1. The lowest BCUT2D eigenvalue weighted by Gasteiger charge is -2.32. The van der Waals surface area contributed by atoms with Gasteiger partial charge in [0.25, 0.3) is 5.91 Å². The zero-order valence-corrected chi connectivity index (χ0v) is 15.8. The Hall–Kier alpha value is -2.95. The van der Waals surface area contributed by atoms with Gasteiger partial charge in [-0.15, -0.1) is 0 Å². The number of H-pyrrole nitrogens is 1. The van der Waals surface area contributed by atoms with E-state index in [-0.39, 0.29) is 17.6 Å². The number of aryl methyl sites for hydroxylation is 2. The van der Waals surface area contributed by atoms with E-state index in [1.54, 1.807) is 12.1 Å². The Morgan fingerprint density at radius 2 is 1.89 bits per heavy atom. The van der Waals surface area contributed by atoms with Crippen LogP contribution < -0.4 is 0 Å². The molecule has 4 rings (SSSR count). The summed E-state index contributed by atoms with van der Waals surface area (Å²) in [5, 5.41) is 7.66. The molecular formula is C23H24FN3O. The molecule has 0 bridgehead atoms. The van der Waals surface area contributed by atoms with Crippen molar-refractivity contribution in [3.63, 3.8) is 0 Å². The van der Waals surface area contributed by atoms with Crippen LogP contribution in [0.1, 0.15) is 46.1 Å². The molecule has 5 heteroatoms. The first-order chi connectivity index (χ1) is 13.7. The number of carbonyl (C=O) groups is 1. The molecule has 144 valence electrons. The minimum absolute atomic E-state index is 0.0338. The van der Waals surface area contributed by atoms with Gasteiger partial charge in [-0.25, -0.2) is 4.39 Å². The quantitative estimate of drug-likeness (QED) is 0.718. The largest absolute Gasteiger partial charge is 0.338 e. The van der Waals surface area contributed by atoms with Gasteiger partial charge in [-0.2, -0.15) is 5.10 Å². The van der Waals surface area contributed by atoms with Gasteiger partial charge in [-0.1, -0.05) is 30.3 Å². The number of nitrogens with zero attached hydrogens (tertiary/aromatic N) is 2. The van der Waals surface area contributed by atoms with Crippen LogP contribution in [0.25, 0.3) is 0 Å². The van der Waals surface area contributed by atoms with E-state index in [1.165, 1.54) is 17.7 Å². The molecule has 1 amide bonds. The molecule has 1 aromatic heterocycles. The van der Waals surface area contributed by atoms with E-state index in [2.05, 4.69) is 40.5 Å². The smallest absolute Gasteiger partial charge is 0.253 e. The maximum Gasteiger partial charge on any atom is 0.253 e. The number of aromatic nitrogens is 2. The molecule has 1 N–H and O–H groups in total. The van der Waals surface area contributed by atoms with Crippen LogP contribution in [0.3, 0.4) is 0 Å². The fourth-order valence-corrected chi connectivity index (χ4v) is 3.83. The number of rotatable bonds is 5. The summed E-state index contributed by atoms with van der Waals surface area (Å²) in [5.74, 6) is -0.0989. The first-order valence-corrected chi connectivity index (χ1v) is 9.82. The SMILES string of the molecule is O=C(c1ccc(F)cc1)N1CCC[C@H](c2cc(CCc3ccccc3)n[nH]2)C1. The van der Waals surface area contributed by atoms with Gasteiger partial charge in [0, 0.05) is 30.3 Å². The van der Waals surface area contributed by atoms with Crippen molar-refractivity contribution in [2.75, 3.05) is 13.1 Å². The van der Waals surface area contributed by atoms with Crippen molar-refractivity contribution >= 4 is 5.91 Å². The molecule has 1 atom stereocenters. The molecule has 1 saturated heterocycles. The molecule has 1 aliphatic heterocycles. The predicted molar refractivity (Wildman–Crippen MR) is 107 cm³/mol. The van der Waals surface area contributed by atoms with Crippen molar-refractivity contribution in [2.45, 2.75) is 31.6 Å².